The molecule has 0 radical (unpaired) electrons. The lowest BCUT2D eigenvalue weighted by Crippen LogP contribution is -2.30. The fourth-order valence-corrected chi connectivity index (χ4v) is 11.7. The number of carbonyl (C=O) groups excluding carboxylic acids is 4. The van der Waals surface area contributed by atoms with E-state index in [0.29, 0.717) is 32.1 Å². The summed E-state index contributed by atoms with van der Waals surface area (Å²) >= 11 is 0. The van der Waals surface area contributed by atoms with Gasteiger partial charge in [-0.05, 0) is 161 Å². The number of rotatable bonds is 74. The second-order valence-corrected chi connectivity index (χ2v) is 29.1. The molecule has 0 aromatic heterocycles. The standard InChI is InChI=1S/C87H142O17P2/c1-5-9-13-17-21-25-29-33-36-39-40-43-45-49-52-56-60-64-68-72-85(90)97-77-82(103-86(91)73-69-65-61-57-53-47-32-28-24-20-16-12-8-4)79-101-105(93,94)99-75-81(88)76-100-106(95,96)102-80-83(104-87(92)74-70-66-62-58-54-50-46-42-38-35-31-27-23-19-15-11-7-3)78-98-84(89)71-67-63-59-55-51-48-44-41-37-34-30-26-22-18-14-10-6-2/h9-11,13-15,21-23,25-28,32-38,40,43-44,48-49,52,60,64,81-83,88H,5-8,12,16-20,24,29-31,39,41-42,45-47,50-51,53-59,61-63,65-80H2,1-4H3,(H,93,94)(H,95,96)/b13-9-,14-10-,15-11-,25-21-,26-22-,27-23-,32-28-,36-33-,37-34-,38-35-,43-40-,48-44-,52-49-,64-60-. The number of allylic oxidation sites excluding steroid dienone is 28. The van der Waals surface area contributed by atoms with Gasteiger partial charge in [-0.25, -0.2) is 9.13 Å². The van der Waals surface area contributed by atoms with Gasteiger partial charge in [-0.2, -0.15) is 0 Å². The van der Waals surface area contributed by atoms with Crippen molar-refractivity contribution >= 4 is 39.5 Å². The van der Waals surface area contributed by atoms with E-state index >= 15 is 0 Å². The van der Waals surface area contributed by atoms with E-state index in [1.165, 1.54) is 25.7 Å². The molecule has 0 amide bonds. The largest absolute Gasteiger partial charge is 0.472 e. The first-order chi connectivity index (χ1) is 51.7. The smallest absolute Gasteiger partial charge is 0.462 e. The Labute approximate surface area is 642 Å². The molecule has 5 unspecified atom stereocenters. The van der Waals surface area contributed by atoms with Crippen LogP contribution in [0.5, 0.6) is 0 Å². The van der Waals surface area contributed by atoms with Gasteiger partial charge < -0.3 is 33.8 Å². The minimum atomic E-state index is -5.00. The second kappa shape index (κ2) is 77.6. The fourth-order valence-electron chi connectivity index (χ4n) is 10.1. The van der Waals surface area contributed by atoms with E-state index in [2.05, 4.69) is 180 Å². The van der Waals surface area contributed by atoms with Crippen LogP contribution in [0.2, 0.25) is 0 Å². The second-order valence-electron chi connectivity index (χ2n) is 26.2. The van der Waals surface area contributed by atoms with Gasteiger partial charge in [0.05, 0.1) is 26.4 Å². The quantitative estimate of drug-likeness (QED) is 0.0169. The molecule has 0 heterocycles. The first-order valence-electron chi connectivity index (χ1n) is 40.4. The molecule has 602 valence electrons. The highest BCUT2D eigenvalue weighted by Crippen LogP contribution is 2.45. The van der Waals surface area contributed by atoms with Crippen LogP contribution >= 0.6 is 15.6 Å². The Hall–Kier alpha value is -5.58. The van der Waals surface area contributed by atoms with Crippen molar-refractivity contribution in [1.82, 2.24) is 0 Å². The minimum Gasteiger partial charge on any atom is -0.462 e. The number of aliphatic hydroxyl groups excluding tert-OH is 1. The maximum Gasteiger partial charge on any atom is 0.472 e. The summed E-state index contributed by atoms with van der Waals surface area (Å²) in [4.78, 5) is 73.0. The molecule has 17 nitrogen and oxygen atoms in total. The summed E-state index contributed by atoms with van der Waals surface area (Å²) in [5, 5.41) is 10.6. The Morgan fingerprint density at radius 3 is 0.821 bits per heavy atom. The Balaban J connectivity index is 5.46. The fraction of sp³-hybridized carbons (Fsp3) is 0.632. The van der Waals surface area contributed by atoms with Gasteiger partial charge in [-0.1, -0.05) is 281 Å². The van der Waals surface area contributed by atoms with Gasteiger partial charge in [0, 0.05) is 25.7 Å². The highest BCUT2D eigenvalue weighted by atomic mass is 31.2. The first kappa shape index (κ1) is 100. The van der Waals surface area contributed by atoms with Gasteiger partial charge in [0.1, 0.15) is 19.3 Å². The van der Waals surface area contributed by atoms with E-state index in [4.69, 9.17) is 37.0 Å². The number of phosphoric ester groups is 2. The normalized spacial score (nSPS) is 14.7. The number of unbranched alkanes of at least 4 members (excludes halogenated alkanes) is 20. The van der Waals surface area contributed by atoms with Gasteiger partial charge in [0.15, 0.2) is 12.2 Å². The van der Waals surface area contributed by atoms with Crippen LogP contribution < -0.4 is 0 Å². The third-order valence-corrected chi connectivity index (χ3v) is 18.1. The summed E-state index contributed by atoms with van der Waals surface area (Å²) in [6, 6.07) is 0. The van der Waals surface area contributed by atoms with Crippen molar-refractivity contribution in [2.45, 2.75) is 316 Å². The molecule has 0 bridgehead atoms. The van der Waals surface area contributed by atoms with Crippen molar-refractivity contribution in [3.8, 4) is 0 Å². The predicted molar refractivity (Wildman–Crippen MR) is 436 cm³/mol. The Morgan fingerprint density at radius 2 is 0.509 bits per heavy atom. The number of phosphoric acid groups is 2. The monoisotopic (exact) mass is 1520 g/mol. The number of carbonyl (C=O) groups is 4. The molecule has 0 spiro atoms. The zero-order chi connectivity index (χ0) is 77.4. The molecule has 3 N–H and O–H groups in total. The van der Waals surface area contributed by atoms with E-state index in [1.807, 2.05) is 18.2 Å². The van der Waals surface area contributed by atoms with Gasteiger partial charge in [-0.15, -0.1) is 0 Å². The van der Waals surface area contributed by atoms with Crippen LogP contribution in [0.25, 0.3) is 0 Å². The van der Waals surface area contributed by atoms with E-state index in [0.717, 1.165) is 186 Å². The highest BCUT2D eigenvalue weighted by Gasteiger charge is 2.30. The molecule has 0 aliphatic heterocycles. The predicted octanol–water partition coefficient (Wildman–Crippen LogP) is 23.8. The van der Waals surface area contributed by atoms with Crippen LogP contribution in [0, 0.1) is 0 Å². The summed E-state index contributed by atoms with van der Waals surface area (Å²) in [5.41, 5.74) is 0. The zero-order valence-electron chi connectivity index (χ0n) is 65.8. The van der Waals surface area contributed by atoms with Crippen molar-refractivity contribution in [2.24, 2.45) is 0 Å². The molecular weight excluding hydrogens is 1380 g/mol. The molecule has 0 aliphatic carbocycles. The van der Waals surface area contributed by atoms with Gasteiger partial charge >= 0.3 is 39.5 Å². The molecule has 0 aliphatic rings. The lowest BCUT2D eigenvalue weighted by Gasteiger charge is -2.21. The van der Waals surface area contributed by atoms with E-state index < -0.39 is 97.5 Å². The third kappa shape index (κ3) is 76.6. The molecular formula is C87H142O17P2. The zero-order valence-corrected chi connectivity index (χ0v) is 67.6. The maximum atomic E-state index is 13.1. The van der Waals surface area contributed by atoms with E-state index in [1.54, 1.807) is 0 Å². The molecule has 0 aromatic carbocycles. The lowest BCUT2D eigenvalue weighted by atomic mass is 10.1. The van der Waals surface area contributed by atoms with Gasteiger partial charge in [0.25, 0.3) is 0 Å². The number of ether oxygens (including phenoxy) is 4. The molecule has 0 fully saturated rings. The van der Waals surface area contributed by atoms with E-state index in [-0.39, 0.29) is 25.7 Å². The van der Waals surface area contributed by atoms with Crippen LogP contribution in [0.4, 0.5) is 0 Å². The highest BCUT2D eigenvalue weighted by molar-refractivity contribution is 7.47. The topological polar surface area (TPSA) is 237 Å². The van der Waals surface area contributed by atoms with Crippen molar-refractivity contribution in [3.63, 3.8) is 0 Å². The average molecular weight is 1520 g/mol. The summed E-state index contributed by atoms with van der Waals surface area (Å²) in [6.45, 7) is 4.38. The molecule has 0 aromatic rings. The number of esters is 4. The van der Waals surface area contributed by atoms with Crippen molar-refractivity contribution in [2.75, 3.05) is 39.6 Å². The number of aliphatic hydroxyl groups is 1. The summed E-state index contributed by atoms with van der Waals surface area (Å²) in [7, 11) is -10.0. The molecule has 0 rings (SSSR count). The summed E-state index contributed by atoms with van der Waals surface area (Å²) in [5.74, 6) is -2.33. The van der Waals surface area contributed by atoms with Crippen molar-refractivity contribution < 1.29 is 80.2 Å². The summed E-state index contributed by atoms with van der Waals surface area (Å²) in [6.07, 6.45) is 92.0. The molecule has 5 atom stereocenters. The van der Waals surface area contributed by atoms with E-state index in [9.17, 15) is 43.2 Å². The average Bonchev–Trinajstić information content (AvgIpc) is 0.900. The molecule has 0 saturated heterocycles. The first-order valence-corrected chi connectivity index (χ1v) is 43.4. The summed E-state index contributed by atoms with van der Waals surface area (Å²) < 4.78 is 68.5. The van der Waals surface area contributed by atoms with Gasteiger partial charge in [-0.3, -0.25) is 37.3 Å². The Kier molecular flexibility index (Phi) is 73.5. The minimum absolute atomic E-state index is 0.0294. The van der Waals surface area contributed by atoms with Crippen LogP contribution in [0.15, 0.2) is 170 Å². The maximum absolute atomic E-state index is 13.1. The molecule has 0 saturated carbocycles. The van der Waals surface area contributed by atoms with Crippen LogP contribution in [-0.4, -0.2) is 96.7 Å². The SMILES string of the molecule is CC/C=C\C/C=C\C/C=C\C/C=C\C/C=C\C/C=C\CCC(=O)OCC(COP(=O)(O)OCC(O)COP(=O)(O)OCC(COC(=O)CCCCCC/C=C\C/C=C\C/C=C\C/C=C\CC)OC(=O)CCCCCCCCC/C=C\C/C=C\C/C=C\CC)OC(=O)CCCCCCC/C=C\CCCCCC. The number of hydrogen-bond acceptors (Lipinski definition) is 15. The third-order valence-electron chi connectivity index (χ3n) is 16.2. The Morgan fingerprint density at radius 1 is 0.274 bits per heavy atom. The van der Waals surface area contributed by atoms with Crippen LogP contribution in [-0.2, 0) is 65.4 Å². The van der Waals surface area contributed by atoms with Crippen molar-refractivity contribution in [1.29, 1.82) is 0 Å². The molecule has 19 heteroatoms. The van der Waals surface area contributed by atoms with Crippen LogP contribution in [0.1, 0.15) is 297 Å². The van der Waals surface area contributed by atoms with Crippen LogP contribution in [0.3, 0.4) is 0 Å². The lowest BCUT2D eigenvalue weighted by molar-refractivity contribution is -0.161. The van der Waals surface area contributed by atoms with Gasteiger partial charge in [0.2, 0.25) is 0 Å². The van der Waals surface area contributed by atoms with Crippen molar-refractivity contribution in [3.05, 3.63) is 170 Å². The number of hydrogen-bond donors (Lipinski definition) is 3. The molecule has 106 heavy (non-hydrogen) atoms. The Bertz CT molecular complexity index is 2680.